The fourth-order valence-corrected chi connectivity index (χ4v) is 9.17. The van der Waals surface area contributed by atoms with Crippen molar-refractivity contribution in [1.82, 2.24) is 18.9 Å². The molecule has 0 N–H and O–H groups in total. The molecular formula is C56H36N4. The van der Waals surface area contributed by atoms with Gasteiger partial charge in [0.05, 0.1) is 27.9 Å². The van der Waals surface area contributed by atoms with Gasteiger partial charge in [-0.1, -0.05) is 176 Å². The SMILES string of the molecule is c1ccc(-n2c3ccccc3n3c4ccccc4c(-c4cccc(-c5ccc(-c6cc(-c7cccc8ccccc78)nc(-c7cccc8ccccc78)n6)cc5)c4)c23)cc1. The average Bonchev–Trinajstić information content (AvgIpc) is 3.84. The van der Waals surface area contributed by atoms with Gasteiger partial charge in [0.1, 0.15) is 5.65 Å². The van der Waals surface area contributed by atoms with Crippen molar-refractivity contribution in [2.24, 2.45) is 0 Å². The summed E-state index contributed by atoms with van der Waals surface area (Å²) in [5.74, 6) is 0.711. The van der Waals surface area contributed by atoms with Crippen LogP contribution in [-0.4, -0.2) is 18.9 Å². The molecular weight excluding hydrogens is 729 g/mol. The maximum atomic E-state index is 5.27. The second-order valence-corrected chi connectivity index (χ2v) is 15.4. The number of rotatable bonds is 6. The first-order valence-corrected chi connectivity index (χ1v) is 20.4. The van der Waals surface area contributed by atoms with E-state index in [2.05, 4.69) is 227 Å². The zero-order valence-corrected chi connectivity index (χ0v) is 32.6. The minimum Gasteiger partial charge on any atom is -0.293 e. The average molecular weight is 765 g/mol. The number of fused-ring (bicyclic) bond motifs is 7. The Morgan fingerprint density at radius 2 is 0.883 bits per heavy atom. The Bertz CT molecular complexity index is 3490. The Hall–Kier alpha value is -8.08. The first-order chi connectivity index (χ1) is 29.8. The van der Waals surface area contributed by atoms with E-state index in [0.717, 1.165) is 61.3 Å². The summed E-state index contributed by atoms with van der Waals surface area (Å²) in [6, 6.07) is 77.9. The van der Waals surface area contributed by atoms with Crippen LogP contribution in [0.3, 0.4) is 0 Å². The van der Waals surface area contributed by atoms with Gasteiger partial charge in [0, 0.05) is 33.3 Å². The van der Waals surface area contributed by atoms with Crippen molar-refractivity contribution in [2.45, 2.75) is 0 Å². The minimum absolute atomic E-state index is 0.711. The van der Waals surface area contributed by atoms with Crippen molar-refractivity contribution in [3.63, 3.8) is 0 Å². The molecule has 12 rings (SSSR count). The van der Waals surface area contributed by atoms with Crippen LogP contribution in [0.2, 0.25) is 0 Å². The highest BCUT2D eigenvalue weighted by atomic mass is 15.1. The topological polar surface area (TPSA) is 35.1 Å². The molecule has 0 saturated carbocycles. The Labute approximate surface area is 346 Å². The van der Waals surface area contributed by atoms with Crippen LogP contribution in [0.5, 0.6) is 0 Å². The molecule has 0 saturated heterocycles. The lowest BCUT2D eigenvalue weighted by molar-refractivity contribution is 1.15. The van der Waals surface area contributed by atoms with Gasteiger partial charge in [-0.3, -0.25) is 8.97 Å². The summed E-state index contributed by atoms with van der Waals surface area (Å²) in [5.41, 5.74) is 15.4. The van der Waals surface area contributed by atoms with Gasteiger partial charge in [-0.25, -0.2) is 9.97 Å². The number of para-hydroxylation sites is 4. The largest absolute Gasteiger partial charge is 0.293 e. The Morgan fingerprint density at radius 3 is 1.65 bits per heavy atom. The molecule has 0 fully saturated rings. The van der Waals surface area contributed by atoms with Crippen molar-refractivity contribution in [3.05, 3.63) is 218 Å². The molecule has 9 aromatic carbocycles. The molecule has 4 heteroatoms. The van der Waals surface area contributed by atoms with E-state index in [9.17, 15) is 0 Å². The van der Waals surface area contributed by atoms with Gasteiger partial charge in [-0.15, -0.1) is 0 Å². The molecule has 0 unspecified atom stereocenters. The summed E-state index contributed by atoms with van der Waals surface area (Å²) in [5, 5.41) is 5.87. The highest BCUT2D eigenvalue weighted by Crippen LogP contribution is 2.42. The highest BCUT2D eigenvalue weighted by molar-refractivity contribution is 6.09. The summed E-state index contributed by atoms with van der Waals surface area (Å²) in [4.78, 5) is 10.5. The third-order valence-corrected chi connectivity index (χ3v) is 11.9. The van der Waals surface area contributed by atoms with E-state index in [1.54, 1.807) is 0 Å². The second-order valence-electron chi connectivity index (χ2n) is 15.4. The normalized spacial score (nSPS) is 11.7. The second kappa shape index (κ2) is 13.8. The van der Waals surface area contributed by atoms with Crippen molar-refractivity contribution in [2.75, 3.05) is 0 Å². The van der Waals surface area contributed by atoms with E-state index < -0.39 is 0 Å². The minimum atomic E-state index is 0.711. The van der Waals surface area contributed by atoms with Crippen LogP contribution in [0.1, 0.15) is 0 Å². The summed E-state index contributed by atoms with van der Waals surface area (Å²) in [6.07, 6.45) is 0. The molecule has 0 bridgehead atoms. The van der Waals surface area contributed by atoms with Gasteiger partial charge in [0.15, 0.2) is 5.82 Å². The number of aromatic nitrogens is 4. The van der Waals surface area contributed by atoms with Crippen molar-refractivity contribution >= 4 is 49.1 Å². The fraction of sp³-hybridized carbons (Fsp3) is 0. The molecule has 0 aliphatic rings. The van der Waals surface area contributed by atoms with Crippen molar-refractivity contribution in [3.8, 4) is 61.8 Å². The quantitative estimate of drug-likeness (QED) is 0.169. The lowest BCUT2D eigenvalue weighted by Gasteiger charge is -2.13. The van der Waals surface area contributed by atoms with Gasteiger partial charge in [-0.05, 0) is 80.7 Å². The standard InChI is InChI=1S/C56H36N4/c1-2-21-43(22-3-1)59-52-29-10-11-30-53(52)60-51-28-9-8-25-48(51)54(56(59)60)42-20-12-19-41(35-42)37-31-33-40(34-32-37)49-36-50(46-26-13-17-38-15-4-6-23-44(38)46)58-55(57-49)47-27-14-18-39-16-5-7-24-45(39)47/h1-36H. The van der Waals surface area contributed by atoms with Crippen LogP contribution >= 0.6 is 0 Å². The first kappa shape index (κ1) is 34.0. The molecule has 3 heterocycles. The van der Waals surface area contributed by atoms with E-state index in [-0.39, 0.29) is 0 Å². The van der Waals surface area contributed by atoms with E-state index in [1.165, 1.54) is 43.8 Å². The van der Waals surface area contributed by atoms with Crippen LogP contribution in [0.15, 0.2) is 218 Å². The maximum absolute atomic E-state index is 5.27. The monoisotopic (exact) mass is 764 g/mol. The number of hydrogen-bond acceptors (Lipinski definition) is 2. The number of nitrogens with zero attached hydrogens (tertiary/aromatic N) is 4. The van der Waals surface area contributed by atoms with Crippen LogP contribution < -0.4 is 0 Å². The highest BCUT2D eigenvalue weighted by Gasteiger charge is 2.22. The summed E-state index contributed by atoms with van der Waals surface area (Å²) in [7, 11) is 0. The molecule has 0 amide bonds. The summed E-state index contributed by atoms with van der Waals surface area (Å²) in [6.45, 7) is 0. The molecule has 280 valence electrons. The fourth-order valence-electron chi connectivity index (χ4n) is 9.17. The third-order valence-electron chi connectivity index (χ3n) is 11.9. The van der Waals surface area contributed by atoms with Crippen LogP contribution in [0, 0.1) is 0 Å². The number of hydrogen-bond donors (Lipinski definition) is 0. The van der Waals surface area contributed by atoms with Crippen molar-refractivity contribution in [1.29, 1.82) is 0 Å². The third kappa shape index (κ3) is 5.46. The summed E-state index contributed by atoms with van der Waals surface area (Å²) >= 11 is 0. The van der Waals surface area contributed by atoms with E-state index in [4.69, 9.17) is 9.97 Å². The van der Waals surface area contributed by atoms with Gasteiger partial charge in [-0.2, -0.15) is 0 Å². The zero-order valence-electron chi connectivity index (χ0n) is 32.6. The van der Waals surface area contributed by atoms with Gasteiger partial charge in [0.2, 0.25) is 0 Å². The molecule has 0 spiro atoms. The zero-order chi connectivity index (χ0) is 39.6. The molecule has 0 aliphatic carbocycles. The molecule has 0 aliphatic heterocycles. The van der Waals surface area contributed by atoms with Gasteiger partial charge in [0.25, 0.3) is 0 Å². The Kier molecular flexibility index (Phi) is 7.82. The maximum Gasteiger partial charge on any atom is 0.161 e. The molecule has 4 nitrogen and oxygen atoms in total. The molecule has 0 atom stereocenters. The number of imidazole rings is 1. The smallest absolute Gasteiger partial charge is 0.161 e. The van der Waals surface area contributed by atoms with Crippen LogP contribution in [0.4, 0.5) is 0 Å². The van der Waals surface area contributed by atoms with Crippen LogP contribution in [0.25, 0.3) is 111 Å². The van der Waals surface area contributed by atoms with Crippen LogP contribution in [-0.2, 0) is 0 Å². The lowest BCUT2D eigenvalue weighted by Crippen LogP contribution is -1.97. The number of benzene rings is 9. The molecule has 3 aromatic heterocycles. The molecule has 60 heavy (non-hydrogen) atoms. The van der Waals surface area contributed by atoms with E-state index >= 15 is 0 Å². The molecule has 0 radical (unpaired) electrons. The van der Waals surface area contributed by atoms with E-state index in [1.807, 2.05) is 0 Å². The van der Waals surface area contributed by atoms with Gasteiger partial charge >= 0.3 is 0 Å². The predicted molar refractivity (Wildman–Crippen MR) is 250 cm³/mol. The Balaban J connectivity index is 0.998. The first-order valence-electron chi connectivity index (χ1n) is 20.4. The summed E-state index contributed by atoms with van der Waals surface area (Å²) < 4.78 is 4.84. The Morgan fingerprint density at radius 1 is 0.333 bits per heavy atom. The molecule has 12 aromatic rings. The van der Waals surface area contributed by atoms with Crippen molar-refractivity contribution < 1.29 is 0 Å². The van der Waals surface area contributed by atoms with E-state index in [0.29, 0.717) is 5.82 Å². The lowest BCUT2D eigenvalue weighted by atomic mass is 9.96. The predicted octanol–water partition coefficient (Wildman–Crippen LogP) is 14.5. The van der Waals surface area contributed by atoms with Gasteiger partial charge < -0.3 is 0 Å².